The van der Waals surface area contributed by atoms with Crippen LogP contribution in [0.2, 0.25) is 0 Å². The molecule has 0 radical (unpaired) electrons. The number of imidazole rings is 1. The second kappa shape index (κ2) is 10.6. The maximum Gasteiger partial charge on any atom is 0.230 e. The van der Waals surface area contributed by atoms with Gasteiger partial charge in [-0.05, 0) is 25.0 Å². The van der Waals surface area contributed by atoms with E-state index in [9.17, 15) is 9.59 Å². The first kappa shape index (κ1) is 22.9. The summed E-state index contributed by atoms with van der Waals surface area (Å²) in [6.45, 7) is 2.96. The zero-order valence-corrected chi connectivity index (χ0v) is 19.7. The van der Waals surface area contributed by atoms with Gasteiger partial charge in [0.1, 0.15) is 5.75 Å². The van der Waals surface area contributed by atoms with E-state index >= 15 is 0 Å². The Morgan fingerprint density at radius 3 is 2.48 bits per heavy atom. The number of hydrogen-bond donors (Lipinski definition) is 1. The van der Waals surface area contributed by atoms with Crippen LogP contribution in [0, 0.1) is 0 Å². The summed E-state index contributed by atoms with van der Waals surface area (Å²) in [7, 11) is 1.65. The first-order valence-corrected chi connectivity index (χ1v) is 12.0. The highest BCUT2D eigenvalue weighted by Crippen LogP contribution is 2.33. The molecule has 7 nitrogen and oxygen atoms in total. The van der Waals surface area contributed by atoms with E-state index in [1.807, 2.05) is 70.3 Å². The number of likely N-dealkylation sites (tertiary alicyclic amines) is 1. The summed E-state index contributed by atoms with van der Waals surface area (Å²) in [5, 5.41) is 3.83. The van der Waals surface area contributed by atoms with Crippen molar-refractivity contribution in [2.24, 2.45) is 0 Å². The van der Waals surface area contributed by atoms with Crippen molar-refractivity contribution in [3.05, 3.63) is 60.8 Å². The van der Waals surface area contributed by atoms with Gasteiger partial charge in [-0.2, -0.15) is 0 Å². The Bertz CT molecular complexity index is 1110. The lowest BCUT2D eigenvalue weighted by atomic mass is 10.1. The second-order valence-electron chi connectivity index (χ2n) is 7.94. The molecule has 0 bridgehead atoms. The van der Waals surface area contributed by atoms with Crippen molar-refractivity contribution in [2.75, 3.05) is 26.0 Å². The molecule has 1 saturated heterocycles. The summed E-state index contributed by atoms with van der Waals surface area (Å²) in [6.07, 6.45) is 3.40. The average Bonchev–Trinajstić information content (AvgIpc) is 3.27. The van der Waals surface area contributed by atoms with Gasteiger partial charge in [-0.1, -0.05) is 54.2 Å². The summed E-state index contributed by atoms with van der Waals surface area (Å²) in [5.41, 5.74) is 2.83. The highest BCUT2D eigenvalue weighted by Gasteiger charge is 2.23. The number of nitrogens with zero attached hydrogens (tertiary/aromatic N) is 3. The zero-order chi connectivity index (χ0) is 23.2. The molecular formula is C25H28N4O3S. The molecule has 33 heavy (non-hydrogen) atoms. The van der Waals surface area contributed by atoms with Gasteiger partial charge in [0.2, 0.25) is 11.8 Å². The molecular weight excluding hydrogens is 436 g/mol. The molecule has 3 aromatic rings. The van der Waals surface area contributed by atoms with Crippen molar-refractivity contribution in [1.29, 1.82) is 0 Å². The minimum Gasteiger partial charge on any atom is -0.495 e. The molecule has 1 aromatic heterocycles. The summed E-state index contributed by atoms with van der Waals surface area (Å²) >= 11 is 1.40. The topological polar surface area (TPSA) is 76.5 Å². The molecule has 8 heteroatoms. The largest absolute Gasteiger partial charge is 0.495 e. The van der Waals surface area contributed by atoms with E-state index in [2.05, 4.69) is 10.3 Å². The number of para-hydroxylation sites is 2. The Labute approximate surface area is 198 Å². The molecule has 0 aliphatic carbocycles. The summed E-state index contributed by atoms with van der Waals surface area (Å²) in [4.78, 5) is 30.6. The van der Waals surface area contributed by atoms with E-state index in [4.69, 9.17) is 4.74 Å². The molecule has 0 atom stereocenters. The van der Waals surface area contributed by atoms with E-state index in [0.29, 0.717) is 13.1 Å². The number of piperidine rings is 1. The number of carbonyl (C=O) groups is 2. The summed E-state index contributed by atoms with van der Waals surface area (Å²) in [5.74, 6) is 1.05. The third-order valence-corrected chi connectivity index (χ3v) is 6.72. The van der Waals surface area contributed by atoms with E-state index < -0.39 is 0 Å². The van der Waals surface area contributed by atoms with Gasteiger partial charge in [0.25, 0.3) is 0 Å². The number of thioether (sulfide) groups is 1. The van der Waals surface area contributed by atoms with Crippen molar-refractivity contribution in [3.8, 4) is 22.7 Å². The lowest BCUT2D eigenvalue weighted by Gasteiger charge is -2.31. The number of hydrogen-bond acceptors (Lipinski definition) is 5. The first-order valence-electron chi connectivity index (χ1n) is 11.0. The third-order valence-electron chi connectivity index (χ3n) is 5.76. The Morgan fingerprint density at radius 1 is 1.09 bits per heavy atom. The quantitative estimate of drug-likeness (QED) is 0.539. The molecule has 4 rings (SSSR count). The minimum absolute atomic E-state index is 0.0305. The molecule has 2 amide bonds. The van der Waals surface area contributed by atoms with Gasteiger partial charge >= 0.3 is 0 Å². The molecule has 0 unspecified atom stereocenters. The fraction of sp³-hybridized carbons (Fsp3) is 0.320. The maximum absolute atomic E-state index is 12.7. The van der Waals surface area contributed by atoms with Gasteiger partial charge in [0.05, 0.1) is 30.4 Å². The Hall–Kier alpha value is -3.26. The molecule has 1 N–H and O–H groups in total. The van der Waals surface area contributed by atoms with Gasteiger partial charge in [-0.15, -0.1) is 0 Å². The second-order valence-corrected chi connectivity index (χ2v) is 8.88. The SMILES string of the molecule is COc1ccccc1-n1c(-c2ccccc2)cnc1SCC(=O)NC1CCN(C(C)=O)CC1. The number of amides is 2. The van der Waals surface area contributed by atoms with Gasteiger partial charge < -0.3 is 15.0 Å². The van der Waals surface area contributed by atoms with Crippen molar-refractivity contribution in [2.45, 2.75) is 31.0 Å². The lowest BCUT2D eigenvalue weighted by molar-refractivity contribution is -0.130. The minimum atomic E-state index is -0.0305. The van der Waals surface area contributed by atoms with E-state index in [0.717, 1.165) is 40.7 Å². The van der Waals surface area contributed by atoms with Crippen molar-refractivity contribution in [3.63, 3.8) is 0 Å². The molecule has 1 aliphatic heterocycles. The number of aromatic nitrogens is 2. The number of carbonyl (C=O) groups excluding carboxylic acids is 2. The zero-order valence-electron chi connectivity index (χ0n) is 18.9. The van der Waals surface area contributed by atoms with Crippen LogP contribution in [0.15, 0.2) is 66.0 Å². The van der Waals surface area contributed by atoms with E-state index in [-0.39, 0.29) is 23.6 Å². The molecule has 172 valence electrons. The molecule has 1 fully saturated rings. The van der Waals surface area contributed by atoms with Gasteiger partial charge in [0, 0.05) is 31.6 Å². The fourth-order valence-corrected chi connectivity index (χ4v) is 4.83. The van der Waals surface area contributed by atoms with Crippen molar-refractivity contribution < 1.29 is 14.3 Å². The van der Waals surface area contributed by atoms with Crippen molar-refractivity contribution >= 4 is 23.6 Å². The van der Waals surface area contributed by atoms with Crippen molar-refractivity contribution in [1.82, 2.24) is 19.8 Å². The highest BCUT2D eigenvalue weighted by atomic mass is 32.2. The molecule has 2 aromatic carbocycles. The van der Waals surface area contributed by atoms with Crippen LogP contribution < -0.4 is 10.1 Å². The number of benzene rings is 2. The highest BCUT2D eigenvalue weighted by molar-refractivity contribution is 7.99. The van der Waals surface area contributed by atoms with E-state index in [1.54, 1.807) is 14.0 Å². The number of nitrogens with one attached hydrogen (secondary N) is 1. The molecule has 2 heterocycles. The van der Waals surface area contributed by atoms with Crippen LogP contribution in [0.4, 0.5) is 0 Å². The van der Waals surface area contributed by atoms with Crippen LogP contribution in [-0.2, 0) is 9.59 Å². The van der Waals surface area contributed by atoms with E-state index in [1.165, 1.54) is 11.8 Å². The number of methoxy groups -OCH3 is 1. The predicted molar refractivity (Wildman–Crippen MR) is 130 cm³/mol. The molecule has 1 aliphatic rings. The van der Waals surface area contributed by atoms with Crippen LogP contribution in [0.5, 0.6) is 5.75 Å². The summed E-state index contributed by atoms with van der Waals surface area (Å²) < 4.78 is 7.64. The molecule has 0 saturated carbocycles. The normalized spacial score (nSPS) is 14.2. The lowest BCUT2D eigenvalue weighted by Crippen LogP contribution is -2.46. The fourth-order valence-electron chi connectivity index (χ4n) is 4.03. The van der Waals surface area contributed by atoms with Crippen LogP contribution in [0.1, 0.15) is 19.8 Å². The summed E-state index contributed by atoms with van der Waals surface area (Å²) in [6, 6.07) is 17.9. The van der Waals surface area contributed by atoms with Gasteiger partial charge in [0.15, 0.2) is 5.16 Å². The maximum atomic E-state index is 12.7. The Balaban J connectivity index is 1.51. The monoisotopic (exact) mass is 464 g/mol. The van der Waals surface area contributed by atoms with Crippen LogP contribution >= 0.6 is 11.8 Å². The van der Waals surface area contributed by atoms with Crippen LogP contribution in [0.25, 0.3) is 16.9 Å². The smallest absolute Gasteiger partial charge is 0.230 e. The number of ether oxygens (including phenoxy) is 1. The predicted octanol–water partition coefficient (Wildman–Crippen LogP) is 3.77. The molecule has 0 spiro atoms. The average molecular weight is 465 g/mol. The van der Waals surface area contributed by atoms with Gasteiger partial charge in [-0.25, -0.2) is 4.98 Å². The Kier molecular flexibility index (Phi) is 7.34. The van der Waals surface area contributed by atoms with Crippen LogP contribution in [-0.4, -0.2) is 58.3 Å². The van der Waals surface area contributed by atoms with Gasteiger partial charge in [-0.3, -0.25) is 14.2 Å². The third kappa shape index (κ3) is 5.39. The first-order chi connectivity index (χ1) is 16.1. The Morgan fingerprint density at radius 2 is 1.79 bits per heavy atom. The standard InChI is InChI=1S/C25H28N4O3S/c1-18(30)28-14-12-20(13-15-28)27-24(31)17-33-25-26-16-22(19-8-4-3-5-9-19)29(25)21-10-6-7-11-23(21)32-2/h3-11,16,20H,12-15,17H2,1-2H3,(H,27,31). The van der Waals surface area contributed by atoms with Crippen LogP contribution in [0.3, 0.4) is 0 Å². The number of rotatable bonds is 7.